The minimum atomic E-state index is -3.54. The molecule has 4 nitrogen and oxygen atoms in total. The average molecular weight is 349 g/mol. The van der Waals surface area contributed by atoms with Crippen molar-refractivity contribution in [3.63, 3.8) is 0 Å². The summed E-state index contributed by atoms with van der Waals surface area (Å²) in [5.41, 5.74) is 1.32. The molecular formula is C18H20FNO3S. The minimum Gasteiger partial charge on any atom is -0.492 e. The van der Waals surface area contributed by atoms with Gasteiger partial charge in [0.25, 0.3) is 0 Å². The van der Waals surface area contributed by atoms with Crippen LogP contribution in [0.25, 0.3) is 0 Å². The molecule has 24 heavy (non-hydrogen) atoms. The summed E-state index contributed by atoms with van der Waals surface area (Å²) in [6, 6.07) is 13.2. The van der Waals surface area contributed by atoms with E-state index in [1.54, 1.807) is 18.2 Å². The molecule has 0 saturated heterocycles. The highest BCUT2D eigenvalue weighted by atomic mass is 32.2. The highest BCUT2D eigenvalue weighted by Gasteiger charge is 2.32. The zero-order valence-corrected chi connectivity index (χ0v) is 14.3. The van der Waals surface area contributed by atoms with Gasteiger partial charge in [-0.2, -0.15) is 0 Å². The Morgan fingerprint density at radius 1 is 1.21 bits per heavy atom. The number of benzene rings is 2. The van der Waals surface area contributed by atoms with Crippen LogP contribution in [-0.2, 0) is 16.4 Å². The molecule has 0 spiro atoms. The van der Waals surface area contributed by atoms with Gasteiger partial charge in [0.2, 0.25) is 10.0 Å². The molecule has 1 aliphatic rings. The maximum atomic E-state index is 13.4. The summed E-state index contributed by atoms with van der Waals surface area (Å²) in [6.07, 6.45) is 1.36. The van der Waals surface area contributed by atoms with Crippen molar-refractivity contribution in [2.24, 2.45) is 0 Å². The van der Waals surface area contributed by atoms with Gasteiger partial charge in [-0.25, -0.2) is 12.8 Å². The molecule has 0 saturated carbocycles. The van der Waals surface area contributed by atoms with E-state index in [1.807, 2.05) is 25.1 Å². The first-order valence-electron chi connectivity index (χ1n) is 7.96. The Bertz CT molecular complexity index is 808. The first-order chi connectivity index (χ1) is 11.5. The van der Waals surface area contributed by atoms with E-state index in [9.17, 15) is 12.8 Å². The van der Waals surface area contributed by atoms with Gasteiger partial charge >= 0.3 is 0 Å². The molecule has 128 valence electrons. The van der Waals surface area contributed by atoms with E-state index >= 15 is 0 Å². The van der Waals surface area contributed by atoms with Crippen molar-refractivity contribution >= 4 is 15.7 Å². The Morgan fingerprint density at radius 3 is 2.71 bits per heavy atom. The number of para-hydroxylation sites is 1. The molecule has 0 N–H and O–H groups in total. The van der Waals surface area contributed by atoms with Gasteiger partial charge in [-0.05, 0) is 55.7 Å². The monoisotopic (exact) mass is 349 g/mol. The lowest BCUT2D eigenvalue weighted by Crippen LogP contribution is -2.44. The maximum Gasteiger partial charge on any atom is 0.238 e. The number of rotatable bonds is 5. The summed E-state index contributed by atoms with van der Waals surface area (Å²) in [5, 5.41) is 0. The topological polar surface area (TPSA) is 46.6 Å². The van der Waals surface area contributed by atoms with Crippen LogP contribution in [0.5, 0.6) is 5.75 Å². The normalized spacial score (nSPS) is 17.4. The summed E-state index contributed by atoms with van der Waals surface area (Å²) in [5.74, 6) is 0.179. The number of hydrogen-bond acceptors (Lipinski definition) is 3. The van der Waals surface area contributed by atoms with Crippen LogP contribution < -0.4 is 9.04 Å². The standard InChI is InChI=1S/C18H20FNO3S/c1-14-7-8-15-13-16(19)9-10-18(15)20(14)24(21,22)12-11-23-17-5-3-2-4-6-17/h2-6,9-10,13-14H,7-8,11-12H2,1H3. The van der Waals surface area contributed by atoms with E-state index in [-0.39, 0.29) is 24.2 Å². The molecule has 3 rings (SSSR count). The number of sulfonamides is 1. The summed E-state index contributed by atoms with van der Waals surface area (Å²) < 4.78 is 45.9. The molecule has 2 aromatic rings. The quantitative estimate of drug-likeness (QED) is 0.831. The number of nitrogens with zero attached hydrogens (tertiary/aromatic N) is 1. The van der Waals surface area contributed by atoms with Crippen molar-refractivity contribution in [2.45, 2.75) is 25.8 Å². The van der Waals surface area contributed by atoms with Crippen molar-refractivity contribution in [1.82, 2.24) is 0 Å². The van der Waals surface area contributed by atoms with Crippen LogP contribution in [0.1, 0.15) is 18.9 Å². The number of aryl methyl sites for hydroxylation is 1. The van der Waals surface area contributed by atoms with Gasteiger partial charge in [-0.1, -0.05) is 18.2 Å². The molecule has 2 aromatic carbocycles. The Hall–Kier alpha value is -2.08. The van der Waals surface area contributed by atoms with Gasteiger partial charge in [0.15, 0.2) is 0 Å². The zero-order chi connectivity index (χ0) is 17.2. The third-order valence-corrected chi connectivity index (χ3v) is 6.00. The van der Waals surface area contributed by atoms with Crippen LogP contribution in [-0.4, -0.2) is 26.8 Å². The molecule has 1 atom stereocenters. The molecule has 0 aliphatic carbocycles. The van der Waals surface area contributed by atoms with Gasteiger partial charge < -0.3 is 4.74 Å². The van der Waals surface area contributed by atoms with E-state index in [0.29, 0.717) is 24.3 Å². The van der Waals surface area contributed by atoms with Crippen molar-refractivity contribution in [2.75, 3.05) is 16.7 Å². The van der Waals surface area contributed by atoms with Crippen LogP contribution >= 0.6 is 0 Å². The van der Waals surface area contributed by atoms with Gasteiger partial charge in [0.05, 0.1) is 5.69 Å². The van der Waals surface area contributed by atoms with Crippen LogP contribution in [0, 0.1) is 5.82 Å². The predicted molar refractivity (Wildman–Crippen MR) is 92.4 cm³/mol. The number of halogens is 1. The Kier molecular flexibility index (Phi) is 4.76. The number of fused-ring (bicyclic) bond motifs is 1. The second kappa shape index (κ2) is 6.81. The highest BCUT2D eigenvalue weighted by molar-refractivity contribution is 7.92. The van der Waals surface area contributed by atoms with E-state index in [2.05, 4.69) is 0 Å². The van der Waals surface area contributed by atoms with Crippen molar-refractivity contribution < 1.29 is 17.5 Å². The first-order valence-corrected chi connectivity index (χ1v) is 9.57. The SMILES string of the molecule is CC1CCc2cc(F)ccc2N1S(=O)(=O)CCOc1ccccc1. The molecule has 6 heteroatoms. The lowest BCUT2D eigenvalue weighted by atomic mass is 9.99. The van der Waals surface area contributed by atoms with E-state index in [0.717, 1.165) is 5.56 Å². The molecule has 0 radical (unpaired) electrons. The van der Waals surface area contributed by atoms with Crippen LogP contribution in [0.3, 0.4) is 0 Å². The number of anilines is 1. The number of hydrogen-bond donors (Lipinski definition) is 0. The fourth-order valence-electron chi connectivity index (χ4n) is 2.99. The molecule has 0 fully saturated rings. The smallest absolute Gasteiger partial charge is 0.238 e. The van der Waals surface area contributed by atoms with E-state index in [4.69, 9.17) is 4.74 Å². The van der Waals surface area contributed by atoms with Crippen molar-refractivity contribution in [3.05, 3.63) is 59.9 Å². The summed E-state index contributed by atoms with van der Waals surface area (Å²) >= 11 is 0. The van der Waals surface area contributed by atoms with Crippen LogP contribution in [0.15, 0.2) is 48.5 Å². The fourth-order valence-corrected chi connectivity index (χ4v) is 4.61. The Labute approximate surface area is 141 Å². The molecule has 0 amide bonds. The molecule has 1 aliphatic heterocycles. The maximum absolute atomic E-state index is 13.4. The summed E-state index contributed by atoms with van der Waals surface area (Å²) in [4.78, 5) is 0. The zero-order valence-electron chi connectivity index (χ0n) is 13.5. The van der Waals surface area contributed by atoms with E-state index < -0.39 is 10.0 Å². The predicted octanol–water partition coefficient (Wildman–Crippen LogP) is 3.38. The van der Waals surface area contributed by atoms with E-state index in [1.165, 1.54) is 16.4 Å². The highest BCUT2D eigenvalue weighted by Crippen LogP contribution is 2.33. The van der Waals surface area contributed by atoms with Gasteiger partial charge in [-0.3, -0.25) is 4.31 Å². The summed E-state index contributed by atoms with van der Waals surface area (Å²) in [7, 11) is -3.54. The van der Waals surface area contributed by atoms with Gasteiger partial charge in [0, 0.05) is 6.04 Å². The third-order valence-electron chi connectivity index (χ3n) is 4.16. The second-order valence-corrected chi connectivity index (χ2v) is 7.90. The van der Waals surface area contributed by atoms with Gasteiger partial charge in [-0.15, -0.1) is 0 Å². The summed E-state index contributed by atoms with van der Waals surface area (Å²) in [6.45, 7) is 1.95. The van der Waals surface area contributed by atoms with Crippen molar-refractivity contribution in [1.29, 1.82) is 0 Å². The minimum absolute atomic E-state index is 0.0755. The fraction of sp³-hybridized carbons (Fsp3) is 0.333. The second-order valence-electron chi connectivity index (χ2n) is 5.93. The Morgan fingerprint density at radius 2 is 1.96 bits per heavy atom. The third kappa shape index (κ3) is 3.53. The van der Waals surface area contributed by atoms with Crippen LogP contribution in [0.4, 0.5) is 10.1 Å². The average Bonchev–Trinajstić information content (AvgIpc) is 2.55. The molecule has 0 aromatic heterocycles. The first kappa shape index (κ1) is 16.8. The largest absolute Gasteiger partial charge is 0.492 e. The van der Waals surface area contributed by atoms with Crippen LogP contribution in [0.2, 0.25) is 0 Å². The Balaban J connectivity index is 1.76. The molecular weight excluding hydrogens is 329 g/mol. The molecule has 1 unspecified atom stereocenters. The van der Waals surface area contributed by atoms with Gasteiger partial charge in [0.1, 0.15) is 23.9 Å². The lowest BCUT2D eigenvalue weighted by molar-refractivity contribution is 0.340. The molecule has 1 heterocycles. The molecule has 0 bridgehead atoms. The number of ether oxygens (including phenoxy) is 1. The lowest BCUT2D eigenvalue weighted by Gasteiger charge is -2.36. The van der Waals surface area contributed by atoms with Crippen molar-refractivity contribution in [3.8, 4) is 5.75 Å².